The van der Waals surface area contributed by atoms with Crippen LogP contribution in [0.4, 0.5) is 0 Å². The second-order valence-electron chi connectivity index (χ2n) is 16.1. The molecule has 2 fully saturated rings. The lowest BCUT2D eigenvalue weighted by Crippen LogP contribution is -2.38. The highest BCUT2D eigenvalue weighted by atomic mass is 16.5. The van der Waals surface area contributed by atoms with Gasteiger partial charge in [-0.3, -0.25) is 19.4 Å². The third-order valence-corrected chi connectivity index (χ3v) is 12.0. The molecule has 2 heterocycles. The van der Waals surface area contributed by atoms with Crippen molar-refractivity contribution in [3.63, 3.8) is 0 Å². The zero-order valence-corrected chi connectivity index (χ0v) is 36.9. The van der Waals surface area contributed by atoms with Crippen LogP contribution in [0.2, 0.25) is 0 Å². The van der Waals surface area contributed by atoms with Gasteiger partial charge in [0.1, 0.15) is 12.1 Å². The SMILES string of the molecule is C=CCCN(CCc1ccccc1)C(=O)C1CN1[C@H](C)c1cccc2ccccc12.C=CCCNCCc1ccccc1.COC(=O)C1CN1[C@H](C)c1cccc2ccccc12. The van der Waals surface area contributed by atoms with Crippen LogP contribution >= 0.6 is 0 Å². The highest BCUT2D eigenvalue weighted by Gasteiger charge is 2.46. The van der Waals surface area contributed by atoms with Crippen LogP contribution in [0, 0.1) is 0 Å². The Balaban J connectivity index is 0.000000171. The number of fused-ring (bicyclic) bond motifs is 2. The number of ether oxygens (including phenoxy) is 1. The Morgan fingerprint density at radius 1 is 0.629 bits per heavy atom. The van der Waals surface area contributed by atoms with Crippen LogP contribution in [0.1, 0.15) is 61.0 Å². The molecule has 8 rings (SSSR count). The summed E-state index contributed by atoms with van der Waals surface area (Å²) in [6.07, 6.45) is 7.70. The zero-order chi connectivity index (χ0) is 43.7. The second-order valence-corrected chi connectivity index (χ2v) is 16.1. The molecule has 62 heavy (non-hydrogen) atoms. The van der Waals surface area contributed by atoms with Crippen molar-refractivity contribution in [1.29, 1.82) is 0 Å². The van der Waals surface area contributed by atoms with E-state index in [1.165, 1.54) is 50.9 Å². The molecule has 2 aliphatic heterocycles. The van der Waals surface area contributed by atoms with Gasteiger partial charge in [-0.15, -0.1) is 13.2 Å². The Kier molecular flexibility index (Phi) is 17.2. The summed E-state index contributed by atoms with van der Waals surface area (Å²) in [5.41, 5.74) is 5.23. The highest BCUT2D eigenvalue weighted by Crippen LogP contribution is 2.37. The maximum Gasteiger partial charge on any atom is 0.324 e. The number of methoxy groups -OCH3 is 1. The van der Waals surface area contributed by atoms with Crippen molar-refractivity contribution in [2.45, 2.75) is 63.7 Å². The van der Waals surface area contributed by atoms with Crippen LogP contribution < -0.4 is 5.32 Å². The summed E-state index contributed by atoms with van der Waals surface area (Å²) < 4.78 is 4.80. The molecule has 7 heteroatoms. The molecule has 4 unspecified atom stereocenters. The molecular weight excluding hydrogens is 765 g/mol. The first kappa shape index (κ1) is 45.7. The Labute approximate surface area is 369 Å². The van der Waals surface area contributed by atoms with Gasteiger partial charge in [0.15, 0.2) is 0 Å². The normalized spacial score (nSPS) is 18.2. The van der Waals surface area contributed by atoms with Gasteiger partial charge in [0.05, 0.1) is 7.11 Å². The number of carbonyl (C=O) groups excluding carboxylic acids is 2. The van der Waals surface area contributed by atoms with Crippen molar-refractivity contribution in [1.82, 2.24) is 20.0 Å². The number of nitrogens with one attached hydrogen (secondary N) is 1. The summed E-state index contributed by atoms with van der Waals surface area (Å²) in [6.45, 7) is 17.1. The number of hydrogen-bond donors (Lipinski definition) is 1. The van der Waals surface area contributed by atoms with Gasteiger partial charge < -0.3 is 15.0 Å². The van der Waals surface area contributed by atoms with E-state index in [0.717, 1.165) is 65.0 Å². The number of esters is 1. The van der Waals surface area contributed by atoms with Gasteiger partial charge in [-0.05, 0) is 96.4 Å². The van der Waals surface area contributed by atoms with E-state index in [9.17, 15) is 9.59 Å². The standard InChI is InChI=1S/C27H30N2O.C16H17NO2.C12H17N/c1-3-4-18-28(19-17-22-11-6-5-7-12-22)27(30)26-20-29(26)21(2)24-16-10-14-23-13-8-9-15-25(23)24;1-11(17-10-15(17)16(18)19-2)13-9-5-7-12-6-3-4-8-14(12)13;1-2-3-10-13-11-9-12-7-5-4-6-8-12/h3,5-16,21,26H,1,4,17-20H2,2H3;3-9,11,15H,10H2,1-2H3;2,4-8,13H,1,3,9-11H2/t21-,26?,29?;11-,15?,17?;/m11./s1. The molecule has 0 aliphatic carbocycles. The molecule has 322 valence electrons. The molecule has 6 atom stereocenters. The molecule has 0 aromatic heterocycles. The van der Waals surface area contributed by atoms with Crippen molar-refractivity contribution >= 4 is 33.4 Å². The van der Waals surface area contributed by atoms with Crippen LogP contribution in [0.15, 0.2) is 171 Å². The van der Waals surface area contributed by atoms with Crippen LogP contribution in [0.25, 0.3) is 21.5 Å². The van der Waals surface area contributed by atoms with Gasteiger partial charge in [0.2, 0.25) is 5.91 Å². The summed E-state index contributed by atoms with van der Waals surface area (Å²) in [6, 6.07) is 50.9. The Bertz CT molecular complexity index is 2340. The fraction of sp³-hybridized carbons (Fsp3) is 0.309. The number of nitrogens with zero attached hydrogens (tertiary/aromatic N) is 3. The Morgan fingerprint density at radius 2 is 1.11 bits per heavy atom. The Morgan fingerprint density at radius 3 is 1.66 bits per heavy atom. The van der Waals surface area contributed by atoms with E-state index >= 15 is 0 Å². The molecule has 7 nitrogen and oxygen atoms in total. The lowest BCUT2D eigenvalue weighted by molar-refractivity contribution is -0.141. The predicted molar refractivity (Wildman–Crippen MR) is 257 cm³/mol. The van der Waals surface area contributed by atoms with Crippen molar-refractivity contribution in [3.8, 4) is 0 Å². The van der Waals surface area contributed by atoms with E-state index in [-0.39, 0.29) is 36.0 Å². The van der Waals surface area contributed by atoms with E-state index in [4.69, 9.17) is 4.74 Å². The van der Waals surface area contributed by atoms with Gasteiger partial charge in [0, 0.05) is 38.3 Å². The molecule has 0 bridgehead atoms. The fourth-order valence-electron chi connectivity index (χ4n) is 8.22. The molecule has 6 aromatic carbocycles. The third kappa shape index (κ3) is 12.6. The van der Waals surface area contributed by atoms with Crippen LogP contribution in [-0.2, 0) is 27.2 Å². The average Bonchev–Trinajstić information content (AvgIpc) is 4.27. The van der Waals surface area contributed by atoms with E-state index < -0.39 is 0 Å². The third-order valence-electron chi connectivity index (χ3n) is 12.0. The van der Waals surface area contributed by atoms with Crippen molar-refractivity contribution < 1.29 is 14.3 Å². The monoisotopic (exact) mass is 828 g/mol. The topological polar surface area (TPSA) is 64.7 Å². The van der Waals surface area contributed by atoms with E-state index in [0.29, 0.717) is 0 Å². The molecule has 0 radical (unpaired) electrons. The zero-order valence-electron chi connectivity index (χ0n) is 36.9. The summed E-state index contributed by atoms with van der Waals surface area (Å²) in [7, 11) is 1.45. The number of rotatable bonds is 18. The lowest BCUT2D eigenvalue weighted by Gasteiger charge is -2.24. The predicted octanol–water partition coefficient (Wildman–Crippen LogP) is 10.4. The number of benzene rings is 6. The number of amides is 1. The van der Waals surface area contributed by atoms with Gasteiger partial charge >= 0.3 is 5.97 Å². The van der Waals surface area contributed by atoms with Gasteiger partial charge in [-0.2, -0.15) is 0 Å². The maximum atomic E-state index is 13.3. The quantitative estimate of drug-likeness (QED) is 0.0403. The second kappa shape index (κ2) is 23.4. The molecule has 1 N–H and O–H groups in total. The maximum absolute atomic E-state index is 13.3. The van der Waals surface area contributed by atoms with Gasteiger partial charge in [-0.25, -0.2) is 0 Å². The molecule has 0 saturated carbocycles. The minimum absolute atomic E-state index is 0.0143. The minimum atomic E-state index is -0.132. The van der Waals surface area contributed by atoms with E-state index in [2.05, 4.69) is 176 Å². The van der Waals surface area contributed by atoms with Crippen molar-refractivity contribution in [2.24, 2.45) is 0 Å². The van der Waals surface area contributed by atoms with Crippen molar-refractivity contribution in [3.05, 3.63) is 193 Å². The molecule has 0 spiro atoms. The first-order valence-electron chi connectivity index (χ1n) is 22.2. The smallest absolute Gasteiger partial charge is 0.324 e. The Hall–Kier alpha value is -5.86. The largest absolute Gasteiger partial charge is 0.468 e. The van der Waals surface area contributed by atoms with Gasteiger partial charge in [-0.1, -0.05) is 158 Å². The molecule has 1 amide bonds. The average molecular weight is 829 g/mol. The van der Waals surface area contributed by atoms with Crippen molar-refractivity contribution in [2.75, 3.05) is 46.4 Å². The fourth-order valence-corrected chi connectivity index (χ4v) is 8.22. The van der Waals surface area contributed by atoms with E-state index in [1.54, 1.807) is 0 Å². The molecular formula is C55H64N4O3. The van der Waals surface area contributed by atoms with Gasteiger partial charge in [0.25, 0.3) is 0 Å². The summed E-state index contributed by atoms with van der Waals surface area (Å²) in [4.78, 5) is 31.3. The first-order valence-corrected chi connectivity index (χ1v) is 22.2. The number of carbonyl (C=O) groups is 2. The first-order chi connectivity index (χ1) is 30.3. The molecule has 6 aromatic rings. The lowest BCUT2D eigenvalue weighted by atomic mass is 9.99. The number of hydrogen-bond acceptors (Lipinski definition) is 6. The summed E-state index contributed by atoms with van der Waals surface area (Å²) >= 11 is 0. The highest BCUT2D eigenvalue weighted by molar-refractivity contribution is 5.88. The minimum Gasteiger partial charge on any atom is -0.468 e. The van der Waals surface area contributed by atoms with E-state index in [1.807, 2.05) is 29.2 Å². The summed E-state index contributed by atoms with van der Waals surface area (Å²) in [5, 5.41) is 8.39. The van der Waals surface area contributed by atoms with Crippen LogP contribution in [0.3, 0.4) is 0 Å². The van der Waals surface area contributed by atoms with Crippen LogP contribution in [0.5, 0.6) is 0 Å². The molecule has 2 saturated heterocycles. The van der Waals surface area contributed by atoms with Crippen LogP contribution in [-0.4, -0.2) is 85.0 Å². The summed E-state index contributed by atoms with van der Waals surface area (Å²) in [5.74, 6) is 0.118. The molecule has 2 aliphatic rings.